The van der Waals surface area contributed by atoms with Crippen LogP contribution in [0.4, 0.5) is 0 Å². The summed E-state index contributed by atoms with van der Waals surface area (Å²) in [5.41, 5.74) is 6.23. The molecule has 0 aliphatic heterocycles. The highest BCUT2D eigenvalue weighted by Gasteiger charge is 2.13. The van der Waals surface area contributed by atoms with Gasteiger partial charge in [-0.15, -0.1) is 0 Å². The van der Waals surface area contributed by atoms with Crippen LogP contribution < -0.4 is 0 Å². The molecule has 0 unspecified atom stereocenters. The fourth-order valence-corrected chi connectivity index (χ4v) is 3.62. The Morgan fingerprint density at radius 1 is 0.880 bits per heavy atom. The van der Waals surface area contributed by atoms with E-state index in [0.717, 1.165) is 43.3 Å². The molecule has 0 atom stereocenters. The molecule has 0 saturated heterocycles. The van der Waals surface area contributed by atoms with E-state index < -0.39 is 0 Å². The second-order valence-corrected chi connectivity index (χ2v) is 7.53. The summed E-state index contributed by atoms with van der Waals surface area (Å²) >= 11 is 7.00. The van der Waals surface area contributed by atoms with Crippen LogP contribution >= 0.6 is 31.9 Å². The molecule has 4 rings (SSSR count). The maximum absolute atomic E-state index is 4.85. The largest absolute Gasteiger partial charge is 0.263 e. The smallest absolute Gasteiger partial charge is 0.0935 e. The van der Waals surface area contributed by atoms with E-state index in [4.69, 9.17) is 5.10 Å². The fourth-order valence-electron chi connectivity index (χ4n) is 2.89. The molecule has 0 spiro atoms. The minimum absolute atomic E-state index is 0.877. The van der Waals surface area contributed by atoms with Crippen molar-refractivity contribution in [2.24, 2.45) is 0 Å². The highest BCUT2D eigenvalue weighted by molar-refractivity contribution is 9.10. The highest BCUT2D eigenvalue weighted by atomic mass is 79.9. The van der Waals surface area contributed by atoms with Gasteiger partial charge in [0.25, 0.3) is 0 Å². The summed E-state index contributed by atoms with van der Waals surface area (Å²) < 4.78 is 3.90. The molecule has 0 aliphatic rings. The Bertz CT molecular complexity index is 1070. The third-order valence-electron chi connectivity index (χ3n) is 4.08. The zero-order chi connectivity index (χ0) is 17.4. The molecule has 4 heterocycles. The SMILES string of the molecule is CCc1ccc2c(-c3cncc(Br)c3)cc(-c3cncc(Br)c3)nn12. The van der Waals surface area contributed by atoms with Crippen molar-refractivity contribution in [3.05, 3.63) is 69.8 Å². The number of halogens is 2. The fraction of sp³-hybridized carbons (Fsp3) is 0.105. The van der Waals surface area contributed by atoms with Gasteiger partial charge in [-0.2, -0.15) is 5.10 Å². The molecule has 0 aromatic carbocycles. The Labute approximate surface area is 162 Å². The van der Waals surface area contributed by atoms with E-state index in [2.05, 4.69) is 73.0 Å². The molecule has 0 aliphatic carbocycles. The Morgan fingerprint density at radius 3 is 2.24 bits per heavy atom. The molecular formula is C19H14Br2N4. The molecule has 4 aromatic rings. The van der Waals surface area contributed by atoms with E-state index in [0.29, 0.717) is 0 Å². The minimum atomic E-state index is 0.877. The van der Waals surface area contributed by atoms with Crippen molar-refractivity contribution in [2.75, 3.05) is 0 Å². The Hall–Kier alpha value is -2.05. The lowest BCUT2D eigenvalue weighted by Gasteiger charge is -2.10. The van der Waals surface area contributed by atoms with Gasteiger partial charge in [-0.3, -0.25) is 9.97 Å². The summed E-state index contributed by atoms with van der Waals surface area (Å²) in [7, 11) is 0. The van der Waals surface area contributed by atoms with Crippen molar-refractivity contribution in [3.63, 3.8) is 0 Å². The monoisotopic (exact) mass is 456 g/mol. The van der Waals surface area contributed by atoms with Gasteiger partial charge in [0.1, 0.15) is 0 Å². The molecule has 0 fully saturated rings. The van der Waals surface area contributed by atoms with Gasteiger partial charge in [0.2, 0.25) is 0 Å². The minimum Gasteiger partial charge on any atom is -0.263 e. The van der Waals surface area contributed by atoms with Crippen LogP contribution in [-0.2, 0) is 6.42 Å². The summed E-state index contributed by atoms with van der Waals surface area (Å²) in [6.07, 6.45) is 8.18. The number of hydrogen-bond acceptors (Lipinski definition) is 3. The van der Waals surface area contributed by atoms with Crippen LogP contribution in [0.5, 0.6) is 0 Å². The molecule has 0 bridgehead atoms. The average molecular weight is 458 g/mol. The molecule has 0 N–H and O–H groups in total. The third kappa shape index (κ3) is 3.12. The molecule has 6 heteroatoms. The van der Waals surface area contributed by atoms with Crippen molar-refractivity contribution < 1.29 is 0 Å². The van der Waals surface area contributed by atoms with Crippen LogP contribution in [0.1, 0.15) is 12.6 Å². The zero-order valence-corrected chi connectivity index (χ0v) is 16.6. The van der Waals surface area contributed by atoms with Crippen molar-refractivity contribution in [1.82, 2.24) is 19.6 Å². The number of aromatic nitrogens is 4. The van der Waals surface area contributed by atoms with E-state index >= 15 is 0 Å². The van der Waals surface area contributed by atoms with Crippen LogP contribution in [0.15, 0.2) is 64.1 Å². The van der Waals surface area contributed by atoms with Gasteiger partial charge in [-0.25, -0.2) is 4.52 Å². The molecule has 0 amide bonds. The molecule has 4 nitrogen and oxygen atoms in total. The Morgan fingerprint density at radius 2 is 1.56 bits per heavy atom. The van der Waals surface area contributed by atoms with Gasteiger partial charge in [0.05, 0.1) is 11.2 Å². The van der Waals surface area contributed by atoms with Crippen LogP contribution in [0.3, 0.4) is 0 Å². The van der Waals surface area contributed by atoms with Crippen molar-refractivity contribution in [2.45, 2.75) is 13.3 Å². The van der Waals surface area contributed by atoms with Gasteiger partial charge >= 0.3 is 0 Å². The average Bonchev–Trinajstić information content (AvgIpc) is 3.04. The van der Waals surface area contributed by atoms with Crippen LogP contribution in [0, 0.1) is 0 Å². The van der Waals surface area contributed by atoms with E-state index in [1.54, 1.807) is 12.4 Å². The highest BCUT2D eigenvalue weighted by Crippen LogP contribution is 2.31. The zero-order valence-electron chi connectivity index (χ0n) is 13.4. The predicted molar refractivity (Wildman–Crippen MR) is 106 cm³/mol. The van der Waals surface area contributed by atoms with Gasteiger partial charge in [-0.05, 0) is 68.6 Å². The molecule has 124 valence electrons. The van der Waals surface area contributed by atoms with Gasteiger partial charge < -0.3 is 0 Å². The van der Waals surface area contributed by atoms with Gasteiger partial charge in [0, 0.05) is 56.1 Å². The number of hydrogen-bond donors (Lipinski definition) is 0. The maximum Gasteiger partial charge on any atom is 0.0935 e. The lowest BCUT2D eigenvalue weighted by Crippen LogP contribution is -2.00. The standard InChI is InChI=1S/C19H14Br2N4/c1-2-16-3-4-19-17(12-5-14(20)10-22-8-12)7-18(24-25(16)19)13-6-15(21)11-23-9-13/h3-11H,2H2,1H3. The summed E-state index contributed by atoms with van der Waals surface area (Å²) in [6.45, 7) is 2.14. The van der Waals surface area contributed by atoms with Gasteiger partial charge in [0.15, 0.2) is 0 Å². The van der Waals surface area contributed by atoms with E-state index in [9.17, 15) is 0 Å². The summed E-state index contributed by atoms with van der Waals surface area (Å²) in [5.74, 6) is 0. The summed E-state index contributed by atoms with van der Waals surface area (Å²) in [4.78, 5) is 8.59. The first-order valence-electron chi connectivity index (χ1n) is 7.89. The molecule has 25 heavy (non-hydrogen) atoms. The van der Waals surface area contributed by atoms with Gasteiger partial charge in [-0.1, -0.05) is 6.92 Å². The molecule has 0 saturated carbocycles. The maximum atomic E-state index is 4.85. The van der Waals surface area contributed by atoms with Crippen molar-refractivity contribution >= 4 is 37.4 Å². The second-order valence-electron chi connectivity index (χ2n) is 5.70. The topological polar surface area (TPSA) is 43.1 Å². The number of pyridine rings is 2. The van der Waals surface area contributed by atoms with E-state index in [1.807, 2.05) is 23.0 Å². The molecular weight excluding hydrogens is 444 g/mol. The third-order valence-corrected chi connectivity index (χ3v) is 4.94. The molecule has 0 radical (unpaired) electrons. The van der Waals surface area contributed by atoms with Crippen molar-refractivity contribution in [1.29, 1.82) is 0 Å². The van der Waals surface area contributed by atoms with E-state index in [-0.39, 0.29) is 0 Å². The van der Waals surface area contributed by atoms with Crippen molar-refractivity contribution in [3.8, 4) is 22.4 Å². The number of rotatable bonds is 3. The summed E-state index contributed by atoms with van der Waals surface area (Å²) in [6, 6.07) is 10.4. The van der Waals surface area contributed by atoms with Crippen LogP contribution in [0.25, 0.3) is 27.9 Å². The van der Waals surface area contributed by atoms with Crippen LogP contribution in [0.2, 0.25) is 0 Å². The lowest BCUT2D eigenvalue weighted by atomic mass is 10.1. The second kappa shape index (κ2) is 6.69. The Kier molecular flexibility index (Phi) is 4.39. The first-order chi connectivity index (χ1) is 12.2. The normalized spacial score (nSPS) is 11.2. The first kappa shape index (κ1) is 16.4. The summed E-state index contributed by atoms with van der Waals surface area (Å²) in [5, 5.41) is 4.85. The number of aryl methyl sites for hydroxylation is 1. The Balaban J connectivity index is 2.02. The quantitative estimate of drug-likeness (QED) is 0.405. The van der Waals surface area contributed by atoms with E-state index in [1.165, 1.54) is 5.69 Å². The number of fused-ring (bicyclic) bond motifs is 1. The first-order valence-corrected chi connectivity index (χ1v) is 9.48. The number of nitrogens with zero attached hydrogens (tertiary/aromatic N) is 4. The predicted octanol–water partition coefficient (Wildman–Crippen LogP) is 5.55. The lowest BCUT2D eigenvalue weighted by molar-refractivity contribution is 0.865. The van der Waals surface area contributed by atoms with Crippen LogP contribution in [-0.4, -0.2) is 19.6 Å². The molecule has 4 aromatic heterocycles.